The number of nitrogens with one attached hydrogen (secondary N) is 1. The number of carbonyl (C=O) groups excluding carboxylic acids is 3. The Kier molecular flexibility index (Phi) is 9.38. The summed E-state index contributed by atoms with van der Waals surface area (Å²) in [4.78, 5) is 40.8. The van der Waals surface area contributed by atoms with Gasteiger partial charge in [0, 0.05) is 13.0 Å². The lowest BCUT2D eigenvalue weighted by Gasteiger charge is -2.29. The third kappa shape index (κ3) is 7.87. The molecule has 9 heteroatoms. The third-order valence-corrected chi connectivity index (χ3v) is 5.91. The van der Waals surface area contributed by atoms with Crippen LogP contribution >= 0.6 is 0 Å². The zero-order chi connectivity index (χ0) is 27.0. The zero-order valence-corrected chi connectivity index (χ0v) is 22.1. The number of benzene rings is 2. The summed E-state index contributed by atoms with van der Waals surface area (Å²) in [6.07, 6.45) is 0.607. The fourth-order valence-corrected chi connectivity index (χ4v) is 4.19. The van der Waals surface area contributed by atoms with E-state index in [-0.39, 0.29) is 18.9 Å². The van der Waals surface area contributed by atoms with Gasteiger partial charge in [-0.1, -0.05) is 36.4 Å². The second kappa shape index (κ2) is 12.5. The lowest BCUT2D eigenvalue weighted by Crippen LogP contribution is -2.53. The van der Waals surface area contributed by atoms with Crippen LogP contribution in [0.2, 0.25) is 0 Å². The number of nitrogens with zero attached hydrogens (tertiary/aromatic N) is 1. The molecule has 2 aromatic carbocycles. The normalized spacial score (nSPS) is 16.0. The first-order valence-electron chi connectivity index (χ1n) is 12.3. The van der Waals surface area contributed by atoms with Gasteiger partial charge in [0.05, 0.1) is 14.2 Å². The molecular formula is C28H36N2O7. The van der Waals surface area contributed by atoms with Gasteiger partial charge in [-0.2, -0.15) is 0 Å². The summed E-state index contributed by atoms with van der Waals surface area (Å²) in [5.74, 6) is 0.221. The first kappa shape index (κ1) is 27.8. The number of esters is 1. The van der Waals surface area contributed by atoms with Crippen LogP contribution in [0.3, 0.4) is 0 Å². The van der Waals surface area contributed by atoms with Crippen LogP contribution in [0.1, 0.15) is 44.7 Å². The Morgan fingerprint density at radius 1 is 1.00 bits per heavy atom. The minimum absolute atomic E-state index is 0.128. The molecule has 1 aliphatic heterocycles. The maximum atomic E-state index is 13.7. The van der Waals surface area contributed by atoms with Gasteiger partial charge in [0.1, 0.15) is 24.3 Å². The minimum Gasteiger partial charge on any atom is -0.493 e. The molecule has 0 bridgehead atoms. The molecule has 2 aromatic rings. The van der Waals surface area contributed by atoms with Gasteiger partial charge in [0.2, 0.25) is 5.91 Å². The highest BCUT2D eigenvalue weighted by atomic mass is 16.6. The predicted octanol–water partition coefficient (Wildman–Crippen LogP) is 3.87. The van der Waals surface area contributed by atoms with Gasteiger partial charge in [-0.15, -0.1) is 0 Å². The first-order valence-corrected chi connectivity index (χ1v) is 12.3. The molecule has 1 heterocycles. The number of likely N-dealkylation sites (tertiary alicyclic amines) is 1. The van der Waals surface area contributed by atoms with Gasteiger partial charge >= 0.3 is 12.1 Å². The molecule has 0 aromatic heterocycles. The molecular weight excluding hydrogens is 476 g/mol. The van der Waals surface area contributed by atoms with Gasteiger partial charge < -0.3 is 29.2 Å². The van der Waals surface area contributed by atoms with E-state index in [1.54, 1.807) is 39.0 Å². The molecule has 1 fully saturated rings. The average Bonchev–Trinajstić information content (AvgIpc) is 3.36. The highest BCUT2D eigenvalue weighted by Crippen LogP contribution is 2.29. The van der Waals surface area contributed by atoms with Crippen molar-refractivity contribution in [3.8, 4) is 11.5 Å². The maximum absolute atomic E-state index is 13.7. The number of carbonyl (C=O) groups is 3. The summed E-state index contributed by atoms with van der Waals surface area (Å²) in [7, 11) is 3.07. The van der Waals surface area contributed by atoms with E-state index in [0.29, 0.717) is 30.9 Å². The van der Waals surface area contributed by atoms with Crippen LogP contribution in [-0.4, -0.2) is 61.3 Å². The van der Waals surface area contributed by atoms with E-state index in [4.69, 9.17) is 18.9 Å². The number of rotatable bonds is 9. The topological polar surface area (TPSA) is 103 Å². The number of alkyl carbamates (subject to hydrolysis) is 1. The van der Waals surface area contributed by atoms with Gasteiger partial charge in [-0.3, -0.25) is 4.79 Å². The van der Waals surface area contributed by atoms with Crippen molar-refractivity contribution in [2.75, 3.05) is 20.8 Å². The largest absolute Gasteiger partial charge is 0.493 e. The summed E-state index contributed by atoms with van der Waals surface area (Å²) in [5.41, 5.74) is 0.873. The van der Waals surface area contributed by atoms with E-state index < -0.39 is 29.7 Å². The molecule has 0 aliphatic carbocycles. The highest BCUT2D eigenvalue weighted by molar-refractivity contribution is 5.90. The number of ether oxygens (including phenoxy) is 4. The summed E-state index contributed by atoms with van der Waals surface area (Å²) in [6.45, 7) is 5.76. The van der Waals surface area contributed by atoms with E-state index in [1.807, 2.05) is 30.3 Å². The van der Waals surface area contributed by atoms with E-state index >= 15 is 0 Å². The van der Waals surface area contributed by atoms with E-state index in [2.05, 4.69) is 5.32 Å². The SMILES string of the molecule is COc1ccc(C[C@H](NC(=O)OC(C)(C)C)C(=O)N2CCC[C@@H]2C(=O)OCc2ccccc2)cc1OC. The third-order valence-electron chi connectivity index (χ3n) is 5.91. The second-order valence-corrected chi connectivity index (χ2v) is 9.88. The zero-order valence-electron chi connectivity index (χ0n) is 22.1. The van der Waals surface area contributed by atoms with Crippen molar-refractivity contribution in [1.82, 2.24) is 10.2 Å². The number of amides is 2. The van der Waals surface area contributed by atoms with Crippen LogP contribution in [0.5, 0.6) is 11.5 Å². The lowest BCUT2D eigenvalue weighted by molar-refractivity contribution is -0.155. The van der Waals surface area contributed by atoms with Crippen molar-refractivity contribution in [3.63, 3.8) is 0 Å². The van der Waals surface area contributed by atoms with Crippen LogP contribution in [0, 0.1) is 0 Å². The molecule has 0 unspecified atom stereocenters. The van der Waals surface area contributed by atoms with Gasteiger partial charge in [-0.05, 0) is 56.9 Å². The Morgan fingerprint density at radius 2 is 1.70 bits per heavy atom. The standard InChI is InChI=1S/C28H36N2O7/c1-28(2,3)37-27(33)29-21(16-20-13-14-23(34-4)24(17-20)35-5)25(31)30-15-9-12-22(30)26(32)36-18-19-10-7-6-8-11-19/h6-8,10-11,13-14,17,21-22H,9,12,15-16,18H2,1-5H3,(H,29,33)/t21-,22+/m0/s1. The molecule has 2 atom stereocenters. The van der Waals surface area contributed by atoms with Crippen molar-refractivity contribution < 1.29 is 33.3 Å². The van der Waals surface area contributed by atoms with Crippen molar-refractivity contribution in [3.05, 3.63) is 59.7 Å². The number of hydrogen-bond acceptors (Lipinski definition) is 7. The van der Waals surface area contributed by atoms with Crippen LogP contribution in [0.4, 0.5) is 4.79 Å². The average molecular weight is 513 g/mol. The summed E-state index contributed by atoms with van der Waals surface area (Å²) < 4.78 is 21.6. The van der Waals surface area contributed by atoms with Crippen LogP contribution < -0.4 is 14.8 Å². The Hall–Kier alpha value is -3.75. The molecule has 0 saturated carbocycles. The molecule has 9 nitrogen and oxygen atoms in total. The predicted molar refractivity (Wildman–Crippen MR) is 137 cm³/mol. The van der Waals surface area contributed by atoms with Crippen LogP contribution in [0.25, 0.3) is 0 Å². The minimum atomic E-state index is -0.963. The van der Waals surface area contributed by atoms with Crippen LogP contribution in [-0.2, 0) is 32.1 Å². The van der Waals surface area contributed by atoms with Gasteiger partial charge in [0.15, 0.2) is 11.5 Å². The van der Waals surface area contributed by atoms with E-state index in [9.17, 15) is 14.4 Å². The van der Waals surface area contributed by atoms with Crippen molar-refractivity contribution in [1.29, 1.82) is 0 Å². The Balaban J connectivity index is 1.78. The molecule has 1 saturated heterocycles. The molecule has 0 radical (unpaired) electrons. The fraction of sp³-hybridized carbons (Fsp3) is 0.464. The van der Waals surface area contributed by atoms with Crippen molar-refractivity contribution in [2.24, 2.45) is 0 Å². The Morgan fingerprint density at radius 3 is 2.35 bits per heavy atom. The Bertz CT molecular complexity index is 1080. The highest BCUT2D eigenvalue weighted by Gasteiger charge is 2.39. The summed E-state index contributed by atoms with van der Waals surface area (Å²) >= 11 is 0. The van der Waals surface area contributed by atoms with Crippen LogP contribution in [0.15, 0.2) is 48.5 Å². The summed E-state index contributed by atoms with van der Waals surface area (Å²) in [5, 5.41) is 2.71. The molecule has 3 rings (SSSR count). The quantitative estimate of drug-likeness (QED) is 0.509. The monoisotopic (exact) mass is 512 g/mol. The van der Waals surface area contributed by atoms with Crippen molar-refractivity contribution >= 4 is 18.0 Å². The van der Waals surface area contributed by atoms with Crippen molar-refractivity contribution in [2.45, 2.75) is 64.3 Å². The number of methoxy groups -OCH3 is 2. The first-order chi connectivity index (χ1) is 17.6. The lowest BCUT2D eigenvalue weighted by atomic mass is 10.0. The fourth-order valence-electron chi connectivity index (χ4n) is 4.19. The molecule has 1 aliphatic rings. The molecule has 0 spiro atoms. The molecule has 2 amide bonds. The maximum Gasteiger partial charge on any atom is 0.408 e. The number of hydrogen-bond donors (Lipinski definition) is 1. The molecule has 200 valence electrons. The molecule has 37 heavy (non-hydrogen) atoms. The smallest absolute Gasteiger partial charge is 0.408 e. The van der Waals surface area contributed by atoms with E-state index in [0.717, 1.165) is 11.1 Å². The van der Waals surface area contributed by atoms with Gasteiger partial charge in [-0.25, -0.2) is 9.59 Å². The van der Waals surface area contributed by atoms with Gasteiger partial charge in [0.25, 0.3) is 0 Å². The second-order valence-electron chi connectivity index (χ2n) is 9.88. The van der Waals surface area contributed by atoms with E-state index in [1.165, 1.54) is 19.1 Å². The summed E-state index contributed by atoms with van der Waals surface area (Å²) in [6, 6.07) is 13.0. The molecule has 1 N–H and O–H groups in total. The Labute approximate surface area is 218 Å².